The van der Waals surface area contributed by atoms with E-state index in [4.69, 9.17) is 0 Å². The largest absolute Gasteiger partial charge is 0.310 e. The summed E-state index contributed by atoms with van der Waals surface area (Å²) in [6.07, 6.45) is 2.98. The van der Waals surface area contributed by atoms with Crippen LogP contribution in [0.1, 0.15) is 41.6 Å². The number of hydrogen-bond acceptors (Lipinski definition) is 1. The van der Waals surface area contributed by atoms with Crippen molar-refractivity contribution in [2.24, 2.45) is 0 Å². The Morgan fingerprint density at radius 2 is 1.81 bits per heavy atom. The first kappa shape index (κ1) is 13.0. The lowest BCUT2D eigenvalue weighted by molar-refractivity contribution is 0.576. The third kappa shape index (κ3) is 3.21. The number of rotatable bonds is 5. The van der Waals surface area contributed by atoms with Crippen LogP contribution in [-0.4, -0.2) is 6.54 Å². The standard InChI is InChI=1S/C15H23N/c1-6-7-8-16-14(5)15-12(3)9-11(2)10-13(15)4/h6,9-10,14,16H,1,7-8H2,2-5H3. The molecule has 0 saturated carbocycles. The summed E-state index contributed by atoms with van der Waals surface area (Å²) in [5, 5.41) is 3.53. The molecule has 0 aliphatic rings. The molecule has 1 heteroatoms. The highest BCUT2D eigenvalue weighted by Gasteiger charge is 2.10. The van der Waals surface area contributed by atoms with Gasteiger partial charge in [-0.05, 0) is 57.4 Å². The summed E-state index contributed by atoms with van der Waals surface area (Å²) in [6.45, 7) is 13.5. The Bertz CT molecular complexity index is 343. The van der Waals surface area contributed by atoms with E-state index in [0.717, 1.165) is 13.0 Å². The molecule has 0 aliphatic heterocycles. The monoisotopic (exact) mass is 217 g/mol. The number of aryl methyl sites for hydroxylation is 3. The molecule has 1 aromatic carbocycles. The van der Waals surface area contributed by atoms with Gasteiger partial charge in [-0.3, -0.25) is 0 Å². The van der Waals surface area contributed by atoms with Gasteiger partial charge in [0.15, 0.2) is 0 Å². The highest BCUT2D eigenvalue weighted by Crippen LogP contribution is 2.23. The van der Waals surface area contributed by atoms with Crippen LogP contribution in [0.15, 0.2) is 24.8 Å². The third-order valence-electron chi connectivity index (χ3n) is 2.97. The quantitative estimate of drug-likeness (QED) is 0.583. The predicted molar refractivity (Wildman–Crippen MR) is 71.9 cm³/mol. The summed E-state index contributed by atoms with van der Waals surface area (Å²) in [7, 11) is 0. The first-order valence-corrected chi connectivity index (χ1v) is 5.98. The van der Waals surface area contributed by atoms with Crippen molar-refractivity contribution >= 4 is 0 Å². The zero-order valence-electron chi connectivity index (χ0n) is 10.9. The molecule has 0 bridgehead atoms. The highest BCUT2D eigenvalue weighted by atomic mass is 14.9. The van der Waals surface area contributed by atoms with Crippen molar-refractivity contribution in [2.75, 3.05) is 6.54 Å². The van der Waals surface area contributed by atoms with Gasteiger partial charge in [-0.1, -0.05) is 23.8 Å². The van der Waals surface area contributed by atoms with Crippen LogP contribution < -0.4 is 5.32 Å². The summed E-state index contributed by atoms with van der Waals surface area (Å²) in [4.78, 5) is 0. The summed E-state index contributed by atoms with van der Waals surface area (Å²) in [5.74, 6) is 0. The molecule has 0 fully saturated rings. The Morgan fingerprint density at radius 1 is 1.25 bits per heavy atom. The van der Waals surface area contributed by atoms with Crippen molar-refractivity contribution in [1.29, 1.82) is 0 Å². The van der Waals surface area contributed by atoms with Crippen molar-refractivity contribution < 1.29 is 0 Å². The second-order valence-electron chi connectivity index (χ2n) is 4.57. The number of nitrogens with one attached hydrogen (secondary N) is 1. The van der Waals surface area contributed by atoms with E-state index >= 15 is 0 Å². The molecule has 0 aliphatic carbocycles. The third-order valence-corrected chi connectivity index (χ3v) is 2.97. The van der Waals surface area contributed by atoms with E-state index in [1.54, 1.807) is 0 Å². The van der Waals surface area contributed by atoms with E-state index in [2.05, 4.69) is 51.7 Å². The first-order valence-electron chi connectivity index (χ1n) is 5.98. The van der Waals surface area contributed by atoms with Gasteiger partial charge in [0.05, 0.1) is 0 Å². The average Bonchev–Trinajstić information content (AvgIpc) is 2.16. The second-order valence-corrected chi connectivity index (χ2v) is 4.57. The van der Waals surface area contributed by atoms with Gasteiger partial charge in [-0.25, -0.2) is 0 Å². The van der Waals surface area contributed by atoms with E-state index < -0.39 is 0 Å². The van der Waals surface area contributed by atoms with Crippen molar-refractivity contribution in [2.45, 2.75) is 40.2 Å². The van der Waals surface area contributed by atoms with Crippen molar-refractivity contribution in [1.82, 2.24) is 5.32 Å². The summed E-state index contributed by atoms with van der Waals surface area (Å²) >= 11 is 0. The zero-order valence-corrected chi connectivity index (χ0v) is 10.9. The second kappa shape index (κ2) is 5.86. The maximum atomic E-state index is 3.74. The number of hydrogen-bond donors (Lipinski definition) is 1. The van der Waals surface area contributed by atoms with E-state index in [1.807, 2.05) is 6.08 Å². The smallest absolute Gasteiger partial charge is 0.0297 e. The molecule has 0 radical (unpaired) electrons. The van der Waals surface area contributed by atoms with Crippen LogP contribution >= 0.6 is 0 Å². The fourth-order valence-corrected chi connectivity index (χ4v) is 2.38. The topological polar surface area (TPSA) is 12.0 Å². The molecular formula is C15H23N. The van der Waals surface area contributed by atoms with Gasteiger partial charge in [0.2, 0.25) is 0 Å². The van der Waals surface area contributed by atoms with Crippen molar-refractivity contribution in [3.8, 4) is 0 Å². The van der Waals surface area contributed by atoms with Gasteiger partial charge < -0.3 is 5.32 Å². The normalized spacial score (nSPS) is 12.5. The van der Waals surface area contributed by atoms with Gasteiger partial charge in [0.25, 0.3) is 0 Å². The molecule has 1 rings (SSSR count). The molecule has 1 nitrogen and oxygen atoms in total. The fourth-order valence-electron chi connectivity index (χ4n) is 2.38. The summed E-state index contributed by atoms with van der Waals surface area (Å²) in [5.41, 5.74) is 5.55. The van der Waals surface area contributed by atoms with Gasteiger partial charge >= 0.3 is 0 Å². The Morgan fingerprint density at radius 3 is 2.31 bits per heavy atom. The minimum absolute atomic E-state index is 0.417. The van der Waals surface area contributed by atoms with Crippen LogP contribution in [0.2, 0.25) is 0 Å². The number of benzene rings is 1. The van der Waals surface area contributed by atoms with Crippen LogP contribution in [0.25, 0.3) is 0 Å². The molecule has 0 aromatic heterocycles. The lowest BCUT2D eigenvalue weighted by Crippen LogP contribution is -2.21. The zero-order chi connectivity index (χ0) is 12.1. The maximum absolute atomic E-state index is 3.74. The molecule has 0 saturated heterocycles. The average molecular weight is 217 g/mol. The SMILES string of the molecule is C=CCCNC(C)c1c(C)cc(C)cc1C. The molecule has 1 N–H and O–H groups in total. The molecule has 0 amide bonds. The van der Waals surface area contributed by atoms with Gasteiger partial charge in [-0.15, -0.1) is 6.58 Å². The Kier molecular flexibility index (Phi) is 4.75. The van der Waals surface area contributed by atoms with Crippen LogP contribution in [0.4, 0.5) is 0 Å². The maximum Gasteiger partial charge on any atom is 0.0297 e. The van der Waals surface area contributed by atoms with Gasteiger partial charge in [0.1, 0.15) is 0 Å². The highest BCUT2D eigenvalue weighted by molar-refractivity contribution is 5.39. The first-order chi connectivity index (χ1) is 7.56. The molecule has 16 heavy (non-hydrogen) atoms. The molecule has 1 atom stereocenters. The van der Waals surface area contributed by atoms with E-state index in [-0.39, 0.29) is 0 Å². The minimum Gasteiger partial charge on any atom is -0.310 e. The predicted octanol–water partition coefficient (Wildman–Crippen LogP) is 3.84. The lowest BCUT2D eigenvalue weighted by Gasteiger charge is -2.19. The minimum atomic E-state index is 0.417. The fraction of sp³-hybridized carbons (Fsp3) is 0.467. The van der Waals surface area contributed by atoms with E-state index in [1.165, 1.54) is 22.3 Å². The summed E-state index contributed by atoms with van der Waals surface area (Å²) in [6, 6.07) is 4.93. The summed E-state index contributed by atoms with van der Waals surface area (Å²) < 4.78 is 0. The van der Waals surface area contributed by atoms with Crippen LogP contribution in [0, 0.1) is 20.8 Å². The van der Waals surface area contributed by atoms with Crippen LogP contribution in [0.3, 0.4) is 0 Å². The van der Waals surface area contributed by atoms with E-state index in [0.29, 0.717) is 6.04 Å². The molecule has 0 spiro atoms. The van der Waals surface area contributed by atoms with Gasteiger partial charge in [0, 0.05) is 6.04 Å². The van der Waals surface area contributed by atoms with Crippen molar-refractivity contribution in [3.63, 3.8) is 0 Å². The molecular weight excluding hydrogens is 194 g/mol. The van der Waals surface area contributed by atoms with Gasteiger partial charge in [-0.2, -0.15) is 0 Å². The molecule has 88 valence electrons. The Labute approximate surface area is 99.6 Å². The Hall–Kier alpha value is -1.08. The molecule has 1 aromatic rings. The molecule has 1 unspecified atom stereocenters. The Balaban J connectivity index is 2.82. The van der Waals surface area contributed by atoms with Crippen LogP contribution in [-0.2, 0) is 0 Å². The van der Waals surface area contributed by atoms with Crippen molar-refractivity contribution in [3.05, 3.63) is 47.0 Å². The lowest BCUT2D eigenvalue weighted by atomic mass is 9.95. The molecule has 0 heterocycles. The van der Waals surface area contributed by atoms with E-state index in [9.17, 15) is 0 Å². The van der Waals surface area contributed by atoms with Crippen LogP contribution in [0.5, 0.6) is 0 Å².